The smallest absolute Gasteiger partial charge is 0.312 e. The lowest BCUT2D eigenvalue weighted by molar-refractivity contribution is -0.136. The van der Waals surface area contributed by atoms with E-state index in [9.17, 15) is 9.59 Å². The molecule has 1 fully saturated rings. The van der Waals surface area contributed by atoms with Gasteiger partial charge in [-0.05, 0) is 34.0 Å². The van der Waals surface area contributed by atoms with E-state index < -0.39 is 12.1 Å². The number of carbonyl (C=O) groups excluding carboxylic acids is 2. The van der Waals surface area contributed by atoms with E-state index in [4.69, 9.17) is 5.73 Å². The largest absolute Gasteiger partial charge is 0.352 e. The van der Waals surface area contributed by atoms with Crippen LogP contribution in [0.5, 0.6) is 0 Å². The van der Waals surface area contributed by atoms with E-state index in [1.807, 2.05) is 18.7 Å². The van der Waals surface area contributed by atoms with Crippen LogP contribution in [0, 0.1) is 5.92 Å². The number of amides is 3. The maximum absolute atomic E-state index is 12.7. The van der Waals surface area contributed by atoms with Gasteiger partial charge in [0.2, 0.25) is 5.91 Å². The number of halogens is 1. The molecule has 0 aromatic carbocycles. The lowest BCUT2D eigenvalue weighted by atomic mass is 9.97. The molecule has 2 heterocycles. The highest BCUT2D eigenvalue weighted by Gasteiger charge is 2.31. The molecule has 2 atom stereocenters. The van der Waals surface area contributed by atoms with Gasteiger partial charge in [-0.3, -0.25) is 9.69 Å². The van der Waals surface area contributed by atoms with Crippen molar-refractivity contribution in [2.45, 2.75) is 32.9 Å². The van der Waals surface area contributed by atoms with Crippen LogP contribution in [0.1, 0.15) is 25.1 Å². The van der Waals surface area contributed by atoms with Crippen molar-refractivity contribution in [3.05, 3.63) is 20.8 Å². The third-order valence-corrected chi connectivity index (χ3v) is 6.08. The van der Waals surface area contributed by atoms with Crippen molar-refractivity contribution < 1.29 is 9.59 Å². The zero-order valence-corrected chi connectivity index (χ0v) is 16.5. The Bertz CT molecular complexity index is 572. The number of rotatable bonds is 6. The van der Waals surface area contributed by atoms with Gasteiger partial charge in [0, 0.05) is 37.6 Å². The van der Waals surface area contributed by atoms with E-state index in [0.29, 0.717) is 13.1 Å². The van der Waals surface area contributed by atoms with E-state index in [-0.39, 0.29) is 11.8 Å². The van der Waals surface area contributed by atoms with Gasteiger partial charge in [-0.2, -0.15) is 0 Å². The van der Waals surface area contributed by atoms with Gasteiger partial charge < -0.3 is 16.0 Å². The van der Waals surface area contributed by atoms with Crippen molar-refractivity contribution in [2.24, 2.45) is 11.7 Å². The third kappa shape index (κ3) is 5.19. The van der Waals surface area contributed by atoms with E-state index in [2.05, 4.69) is 38.3 Å². The van der Waals surface area contributed by atoms with Gasteiger partial charge in [0.1, 0.15) is 6.04 Å². The van der Waals surface area contributed by atoms with Crippen LogP contribution in [0.15, 0.2) is 15.9 Å². The number of thiophene rings is 1. The summed E-state index contributed by atoms with van der Waals surface area (Å²) >= 11 is 5.22. The maximum Gasteiger partial charge on any atom is 0.312 e. The molecule has 24 heavy (non-hydrogen) atoms. The van der Waals surface area contributed by atoms with Crippen LogP contribution in [0.3, 0.4) is 0 Å². The topological polar surface area (TPSA) is 78.7 Å². The summed E-state index contributed by atoms with van der Waals surface area (Å²) in [5, 5.41) is 2.61. The van der Waals surface area contributed by atoms with Crippen molar-refractivity contribution in [2.75, 3.05) is 26.2 Å². The molecule has 1 saturated heterocycles. The molecule has 134 valence electrons. The minimum Gasteiger partial charge on any atom is -0.352 e. The SMILES string of the molecule is CC[C@H](C)[C@H](NC(N)=O)C(=O)N1CCN(Cc2ccc(Br)s2)CC1. The van der Waals surface area contributed by atoms with Crippen molar-refractivity contribution in [3.63, 3.8) is 0 Å². The number of hydrogen-bond donors (Lipinski definition) is 2. The molecular weight excluding hydrogens is 392 g/mol. The first-order valence-electron chi connectivity index (χ1n) is 8.22. The summed E-state index contributed by atoms with van der Waals surface area (Å²) in [5.74, 6) is 0.0353. The molecule has 3 N–H and O–H groups in total. The number of primary amides is 1. The van der Waals surface area contributed by atoms with Crippen molar-refractivity contribution >= 4 is 39.2 Å². The second-order valence-electron chi connectivity index (χ2n) is 6.18. The Hall–Kier alpha value is -1.12. The first-order valence-corrected chi connectivity index (χ1v) is 9.83. The quantitative estimate of drug-likeness (QED) is 0.745. The standard InChI is InChI=1S/C16H25BrN4O2S/c1-3-11(2)14(19-16(18)23)15(22)21-8-6-20(7-9-21)10-12-4-5-13(17)24-12/h4-5,11,14H,3,6-10H2,1-2H3,(H3,18,19,23)/t11-,14-/m0/s1. The van der Waals surface area contributed by atoms with Crippen molar-refractivity contribution in [1.29, 1.82) is 0 Å². The molecule has 0 unspecified atom stereocenters. The van der Waals surface area contributed by atoms with Crippen LogP contribution in [-0.2, 0) is 11.3 Å². The minimum absolute atomic E-state index is 0.0262. The number of piperazine rings is 1. The molecule has 6 nitrogen and oxygen atoms in total. The molecule has 2 rings (SSSR count). The molecule has 1 aromatic heterocycles. The molecular formula is C16H25BrN4O2S. The number of nitrogens with two attached hydrogens (primary N) is 1. The molecule has 0 aliphatic carbocycles. The zero-order chi connectivity index (χ0) is 17.7. The first kappa shape index (κ1) is 19.2. The van der Waals surface area contributed by atoms with E-state index >= 15 is 0 Å². The Morgan fingerprint density at radius 3 is 2.50 bits per heavy atom. The molecule has 0 spiro atoms. The number of nitrogens with one attached hydrogen (secondary N) is 1. The highest BCUT2D eigenvalue weighted by Crippen LogP contribution is 2.23. The lowest BCUT2D eigenvalue weighted by Gasteiger charge is -2.37. The zero-order valence-electron chi connectivity index (χ0n) is 14.1. The second kappa shape index (κ2) is 8.82. The summed E-state index contributed by atoms with van der Waals surface area (Å²) < 4.78 is 1.14. The normalized spacial score (nSPS) is 18.2. The lowest BCUT2D eigenvalue weighted by Crippen LogP contribution is -2.57. The van der Waals surface area contributed by atoms with Gasteiger partial charge in [0.05, 0.1) is 3.79 Å². The highest BCUT2D eigenvalue weighted by molar-refractivity contribution is 9.11. The number of carbonyl (C=O) groups is 2. The Balaban J connectivity index is 1.89. The van der Waals surface area contributed by atoms with Gasteiger partial charge >= 0.3 is 6.03 Å². The molecule has 1 aromatic rings. The van der Waals surface area contributed by atoms with Crippen LogP contribution >= 0.6 is 27.3 Å². The van der Waals surface area contributed by atoms with Gasteiger partial charge in [0.25, 0.3) is 0 Å². The Kier molecular flexibility index (Phi) is 7.06. The molecule has 0 saturated carbocycles. The fraction of sp³-hybridized carbons (Fsp3) is 0.625. The number of urea groups is 1. The third-order valence-electron chi connectivity index (χ3n) is 4.47. The van der Waals surface area contributed by atoms with Gasteiger partial charge in [-0.25, -0.2) is 4.79 Å². The summed E-state index contributed by atoms with van der Waals surface area (Å²) in [6.45, 7) is 7.91. The molecule has 1 aliphatic rings. The fourth-order valence-electron chi connectivity index (χ4n) is 2.82. The number of hydrogen-bond acceptors (Lipinski definition) is 4. The highest BCUT2D eigenvalue weighted by atomic mass is 79.9. The van der Waals surface area contributed by atoms with Gasteiger partial charge in [0.15, 0.2) is 0 Å². The Morgan fingerprint density at radius 2 is 2.00 bits per heavy atom. The van der Waals surface area contributed by atoms with Crippen LogP contribution in [0.25, 0.3) is 0 Å². The molecule has 1 aliphatic heterocycles. The van der Waals surface area contributed by atoms with Crippen LogP contribution in [0.2, 0.25) is 0 Å². The predicted octanol–water partition coefficient (Wildman–Crippen LogP) is 2.24. The van der Waals surface area contributed by atoms with E-state index in [1.54, 1.807) is 11.3 Å². The average Bonchev–Trinajstić information content (AvgIpc) is 2.96. The van der Waals surface area contributed by atoms with Crippen LogP contribution in [0.4, 0.5) is 4.79 Å². The summed E-state index contributed by atoms with van der Waals surface area (Å²) in [4.78, 5) is 29.4. The summed E-state index contributed by atoms with van der Waals surface area (Å²) in [7, 11) is 0. The first-order chi connectivity index (χ1) is 11.4. The Labute approximate surface area is 155 Å². The predicted molar refractivity (Wildman–Crippen MR) is 99.8 cm³/mol. The summed E-state index contributed by atoms with van der Waals surface area (Å²) in [6, 6.07) is 3.01. The molecule has 0 radical (unpaired) electrons. The van der Waals surface area contributed by atoms with E-state index in [1.165, 1.54) is 4.88 Å². The minimum atomic E-state index is -0.643. The number of nitrogens with zero attached hydrogens (tertiary/aromatic N) is 2. The molecule has 0 bridgehead atoms. The fourth-order valence-corrected chi connectivity index (χ4v) is 4.34. The summed E-state index contributed by atoms with van der Waals surface area (Å²) in [6.07, 6.45) is 0.809. The monoisotopic (exact) mass is 416 g/mol. The van der Waals surface area contributed by atoms with Crippen LogP contribution < -0.4 is 11.1 Å². The second-order valence-corrected chi connectivity index (χ2v) is 8.73. The van der Waals surface area contributed by atoms with Gasteiger partial charge in [-0.1, -0.05) is 20.3 Å². The van der Waals surface area contributed by atoms with Crippen molar-refractivity contribution in [3.8, 4) is 0 Å². The Morgan fingerprint density at radius 1 is 1.33 bits per heavy atom. The van der Waals surface area contributed by atoms with Crippen molar-refractivity contribution in [1.82, 2.24) is 15.1 Å². The van der Waals surface area contributed by atoms with Gasteiger partial charge in [-0.15, -0.1) is 11.3 Å². The molecule has 3 amide bonds. The maximum atomic E-state index is 12.7. The van der Waals surface area contributed by atoms with E-state index in [0.717, 1.165) is 29.8 Å². The molecule has 8 heteroatoms. The summed E-state index contributed by atoms with van der Waals surface area (Å²) in [5.41, 5.74) is 5.23. The average molecular weight is 417 g/mol. The van der Waals surface area contributed by atoms with Crippen LogP contribution in [-0.4, -0.2) is 54.0 Å².